The van der Waals surface area contributed by atoms with Crippen molar-refractivity contribution in [1.82, 2.24) is 9.13 Å². The molecule has 0 fully saturated rings. The Labute approximate surface area is 697 Å². The van der Waals surface area contributed by atoms with Gasteiger partial charge in [-0.3, -0.25) is 0 Å². The molecule has 0 radical (unpaired) electrons. The average molecular weight is 1570 g/mol. The monoisotopic (exact) mass is 1560 g/mol. The van der Waals surface area contributed by atoms with Gasteiger partial charge in [-0.2, -0.15) is 0 Å². The van der Waals surface area contributed by atoms with Gasteiger partial charge in [0.15, 0.2) is 0 Å². The number of fused-ring (bicyclic) bond motifs is 6. The molecule has 0 atom stereocenters. The Kier molecular flexibility index (Phi) is 21.6. The smallest absolute Gasteiger partial charge is 0.0887 e. The number of benzene rings is 18. The Hall–Kier alpha value is -14.4. The molecule has 18 aromatic carbocycles. The Morgan fingerprint density at radius 3 is 0.786 bits per heavy atom. The topological polar surface area (TPSA) is 31.6 Å². The van der Waals surface area contributed by atoms with E-state index in [1.807, 2.05) is 109 Å². The summed E-state index contributed by atoms with van der Waals surface area (Å²) in [7, 11) is 0. The van der Waals surface area contributed by atoms with Crippen molar-refractivity contribution in [1.29, 1.82) is 0 Å². The zero-order valence-corrected chi connectivity index (χ0v) is 66.0. The lowest BCUT2D eigenvalue weighted by Crippen LogP contribution is -2.14. The molecule has 20 aromatic rings. The van der Waals surface area contributed by atoms with E-state index in [1.165, 1.54) is 77.1 Å². The summed E-state index contributed by atoms with van der Waals surface area (Å²) in [5.74, 6) is 0. The van der Waals surface area contributed by atoms with Crippen molar-refractivity contribution in [2.75, 3.05) is 20.0 Å². The third kappa shape index (κ3) is 15.7. The van der Waals surface area contributed by atoms with Crippen molar-refractivity contribution >= 4 is 141 Å². The van der Waals surface area contributed by atoms with Gasteiger partial charge in [-0.1, -0.05) is 314 Å². The van der Waals surface area contributed by atoms with Gasteiger partial charge in [-0.05, 0) is 226 Å². The molecule has 0 amide bonds. The summed E-state index contributed by atoms with van der Waals surface area (Å²) in [6.07, 6.45) is 0. The Morgan fingerprint density at radius 1 is 0.188 bits per heavy atom. The van der Waals surface area contributed by atoms with Crippen LogP contribution >= 0.6 is 34.8 Å². The zero-order chi connectivity index (χ0) is 78.8. The van der Waals surface area contributed by atoms with Crippen LogP contribution in [0.1, 0.15) is 0 Å². The third-order valence-electron chi connectivity index (χ3n) is 21.2. The van der Waals surface area contributed by atoms with Crippen LogP contribution in [0.25, 0.3) is 99.5 Å². The summed E-state index contributed by atoms with van der Waals surface area (Å²) in [5.41, 5.74) is 27.4. The summed E-state index contributed by atoms with van der Waals surface area (Å²) < 4.78 is 4.77. The highest BCUT2D eigenvalue weighted by atomic mass is 35.5. The van der Waals surface area contributed by atoms with Gasteiger partial charge in [-0.25, -0.2) is 0 Å². The van der Waals surface area contributed by atoms with E-state index >= 15 is 0 Å². The summed E-state index contributed by atoms with van der Waals surface area (Å²) in [4.78, 5) is 6.57. The first-order chi connectivity index (χ1) is 57.8. The highest BCUT2D eigenvalue weighted by molar-refractivity contribution is 6.44. The van der Waals surface area contributed by atoms with Crippen molar-refractivity contribution < 1.29 is 0 Å². The summed E-state index contributed by atoms with van der Waals surface area (Å²) in [6, 6.07) is 161. The maximum atomic E-state index is 7.64. The fraction of sp³-hybridized carbons (Fsp3) is 0. The lowest BCUT2D eigenvalue weighted by molar-refractivity contribution is 1.17. The molecule has 560 valence electrons. The lowest BCUT2D eigenvalue weighted by atomic mass is 10.0. The minimum Gasteiger partial charge on any atom is -0.355 e. The van der Waals surface area contributed by atoms with Crippen molar-refractivity contribution in [2.24, 2.45) is 0 Å². The standard InChI is InChI=1S/C54H38ClN3.C36H26N2.C18H13Cl2N/c55-54-52(56(43-22-10-3-11-23-43)44-24-12-4-13-25-44)30-17-31-53(54)57(45-26-14-5-15-27-45)46-28-16-29-47(38-46)58-50-34-32-41(39-18-6-1-7-19-39)36-48(50)49-37-42(33-35-51(49)58)40-20-8-2-9-21-40;1-4-11-26(12-5-1)28-19-21-35-33(23-28)34-24-29(27-13-6-2-7-14-27)20-22-36(34)38(35)32-18-10-17-31(25-32)37-30-15-8-3-9-16-30;19-16-12-7-13-17(18(16)20)21(14-8-3-1-4-9-14)15-10-5-2-6-11-15/h1-38H;1-25,37H;1-13H. The fourth-order valence-electron chi connectivity index (χ4n) is 15.7. The molecule has 9 heteroatoms. The van der Waals surface area contributed by atoms with Crippen molar-refractivity contribution in [2.45, 2.75) is 0 Å². The maximum absolute atomic E-state index is 7.64. The molecule has 0 spiro atoms. The van der Waals surface area contributed by atoms with Crippen LogP contribution in [0, 0.1) is 0 Å². The molecule has 0 bridgehead atoms. The molecule has 0 unspecified atom stereocenters. The predicted molar refractivity (Wildman–Crippen MR) is 499 cm³/mol. The van der Waals surface area contributed by atoms with Gasteiger partial charge in [0.2, 0.25) is 0 Å². The molecule has 0 aliphatic rings. The number of nitrogens with zero attached hydrogens (tertiary/aromatic N) is 5. The summed E-state index contributed by atoms with van der Waals surface area (Å²) >= 11 is 20.2. The van der Waals surface area contributed by atoms with Crippen molar-refractivity contribution in [3.63, 3.8) is 0 Å². The Balaban J connectivity index is 0.000000136. The van der Waals surface area contributed by atoms with Gasteiger partial charge >= 0.3 is 0 Å². The zero-order valence-electron chi connectivity index (χ0n) is 63.7. The van der Waals surface area contributed by atoms with Crippen LogP contribution in [0.3, 0.4) is 0 Å². The first kappa shape index (κ1) is 74.1. The predicted octanol–water partition coefficient (Wildman–Crippen LogP) is 32.0. The highest BCUT2D eigenvalue weighted by Gasteiger charge is 2.25. The Bertz CT molecular complexity index is 6530. The second-order valence-electron chi connectivity index (χ2n) is 28.5. The third-order valence-corrected chi connectivity index (χ3v) is 22.4. The number of aromatic nitrogens is 2. The number of nitrogens with one attached hydrogen (secondary N) is 1. The fourth-order valence-corrected chi connectivity index (χ4v) is 16.4. The van der Waals surface area contributed by atoms with Gasteiger partial charge in [0, 0.05) is 78.4 Å². The van der Waals surface area contributed by atoms with Gasteiger partial charge in [0.25, 0.3) is 0 Å². The van der Waals surface area contributed by atoms with Crippen molar-refractivity contribution in [3.05, 3.63) is 476 Å². The van der Waals surface area contributed by atoms with E-state index in [1.54, 1.807) is 6.07 Å². The molecule has 2 aromatic heterocycles. The van der Waals surface area contributed by atoms with Gasteiger partial charge < -0.3 is 29.2 Å². The van der Waals surface area contributed by atoms with Crippen LogP contribution in [0.5, 0.6) is 0 Å². The molecular formula is C108H77Cl3N6. The summed E-state index contributed by atoms with van der Waals surface area (Å²) in [5, 5.41) is 10.2. The van der Waals surface area contributed by atoms with Crippen LogP contribution < -0.4 is 20.0 Å². The van der Waals surface area contributed by atoms with E-state index in [9.17, 15) is 0 Å². The molecule has 117 heavy (non-hydrogen) atoms. The first-order valence-corrected chi connectivity index (χ1v) is 40.2. The van der Waals surface area contributed by atoms with E-state index in [-0.39, 0.29) is 0 Å². The van der Waals surface area contributed by atoms with Crippen LogP contribution in [-0.2, 0) is 0 Å². The van der Waals surface area contributed by atoms with Crippen LogP contribution in [0.15, 0.2) is 461 Å². The van der Waals surface area contributed by atoms with E-state index < -0.39 is 0 Å². The number of anilines is 11. The molecular weight excluding hydrogens is 1490 g/mol. The molecule has 20 rings (SSSR count). The molecule has 0 saturated heterocycles. The molecule has 6 nitrogen and oxygen atoms in total. The second kappa shape index (κ2) is 34.1. The SMILES string of the molecule is Clc1c(N(c2ccccc2)c2ccccc2)cccc1N(c1ccccc1)c1cccc(-n2c3ccc(-c4ccccc4)cc3c3cc(-c4ccccc4)ccc32)c1.Clc1cccc(N(c2ccccc2)c2ccccc2)c1Cl.c1ccc(Nc2cccc(-n3c4ccc(-c5ccccc5)cc4c4cc(-c5ccccc5)ccc43)c2)cc1. The lowest BCUT2D eigenvalue weighted by Gasteiger charge is -2.31. The van der Waals surface area contributed by atoms with E-state index in [0.717, 1.165) is 85.0 Å². The van der Waals surface area contributed by atoms with Gasteiger partial charge in [-0.15, -0.1) is 0 Å². The minimum atomic E-state index is 0.547. The maximum Gasteiger partial charge on any atom is 0.0887 e. The minimum absolute atomic E-state index is 0.547. The van der Waals surface area contributed by atoms with Crippen LogP contribution in [-0.4, -0.2) is 9.13 Å². The quantitative estimate of drug-likeness (QED) is 0.0985. The highest BCUT2D eigenvalue weighted by Crippen LogP contribution is 2.49. The average Bonchev–Trinajstić information content (AvgIpc) is 1.61. The van der Waals surface area contributed by atoms with Crippen LogP contribution in [0.2, 0.25) is 15.1 Å². The molecule has 2 heterocycles. The number of halogens is 3. The van der Waals surface area contributed by atoms with E-state index in [0.29, 0.717) is 15.1 Å². The number of hydrogen-bond acceptors (Lipinski definition) is 4. The van der Waals surface area contributed by atoms with Crippen molar-refractivity contribution in [3.8, 4) is 55.9 Å². The number of hydrogen-bond donors (Lipinski definition) is 1. The molecule has 0 aliphatic heterocycles. The number of rotatable bonds is 17. The normalized spacial score (nSPS) is 11.0. The number of para-hydroxylation sites is 6. The molecule has 0 aliphatic carbocycles. The molecule has 1 N–H and O–H groups in total. The van der Waals surface area contributed by atoms with Gasteiger partial charge in [0.05, 0.1) is 54.2 Å². The van der Waals surface area contributed by atoms with Gasteiger partial charge in [0.1, 0.15) is 0 Å². The van der Waals surface area contributed by atoms with E-state index in [4.69, 9.17) is 34.8 Å². The summed E-state index contributed by atoms with van der Waals surface area (Å²) in [6.45, 7) is 0. The second-order valence-corrected chi connectivity index (χ2v) is 29.7. The van der Waals surface area contributed by atoms with Crippen LogP contribution in [0.4, 0.5) is 62.6 Å². The first-order valence-electron chi connectivity index (χ1n) is 39.1. The largest absolute Gasteiger partial charge is 0.355 e. The van der Waals surface area contributed by atoms with E-state index in [2.05, 4.69) is 375 Å². The Morgan fingerprint density at radius 2 is 0.444 bits per heavy atom. The molecule has 0 saturated carbocycles.